The van der Waals surface area contributed by atoms with Crippen molar-refractivity contribution in [1.29, 1.82) is 0 Å². The van der Waals surface area contributed by atoms with Crippen LogP contribution in [0, 0.1) is 6.08 Å². The summed E-state index contributed by atoms with van der Waals surface area (Å²) < 4.78 is 32.3. The molecule has 7 heavy (non-hydrogen) atoms. The summed E-state index contributed by atoms with van der Waals surface area (Å²) in [4.78, 5) is 0. The van der Waals surface area contributed by atoms with Crippen molar-refractivity contribution in [3.63, 3.8) is 0 Å². The van der Waals surface area contributed by atoms with E-state index in [1.165, 1.54) is 0 Å². The third-order valence-corrected chi connectivity index (χ3v) is 0.228. The molecule has 0 amide bonds. The first-order chi connectivity index (χ1) is 3.06. The van der Waals surface area contributed by atoms with Crippen molar-refractivity contribution in [2.75, 3.05) is 0 Å². The minimum Gasteiger partial charge on any atom is -0.515 e. The van der Waals surface area contributed by atoms with Crippen molar-refractivity contribution in [1.82, 2.24) is 0 Å². The second kappa shape index (κ2) is 1.86. The Morgan fingerprint density at radius 1 is 1.43 bits per heavy atom. The highest BCUT2D eigenvalue weighted by Gasteiger charge is 2.22. The van der Waals surface area contributed by atoms with Gasteiger partial charge in [-0.2, -0.15) is 13.2 Å². The van der Waals surface area contributed by atoms with Crippen LogP contribution in [0.3, 0.4) is 0 Å². The van der Waals surface area contributed by atoms with Crippen molar-refractivity contribution >= 4 is 0 Å². The Bertz CT molecular complexity index is 72.7. The van der Waals surface area contributed by atoms with E-state index in [0.717, 1.165) is 0 Å². The molecule has 4 heteroatoms. The average Bonchev–Trinajstić information content (AvgIpc) is 1.30. The van der Waals surface area contributed by atoms with E-state index in [0.29, 0.717) is 6.08 Å². The van der Waals surface area contributed by atoms with Crippen molar-refractivity contribution in [2.24, 2.45) is 0 Å². The van der Waals surface area contributed by atoms with Crippen LogP contribution in [0.2, 0.25) is 0 Å². The molecular formula is C3H2F3O. The van der Waals surface area contributed by atoms with E-state index in [-0.39, 0.29) is 6.26 Å². The molecule has 0 aliphatic rings. The lowest BCUT2D eigenvalue weighted by atomic mass is 10.6. The van der Waals surface area contributed by atoms with E-state index in [9.17, 15) is 13.2 Å². The number of hydrogen-bond donors (Lipinski definition) is 1. The number of aliphatic hydroxyl groups excluding tert-OH is 1. The molecule has 0 aromatic heterocycles. The van der Waals surface area contributed by atoms with Crippen molar-refractivity contribution < 1.29 is 18.3 Å². The van der Waals surface area contributed by atoms with Crippen LogP contribution in [0.5, 0.6) is 0 Å². The van der Waals surface area contributed by atoms with E-state index in [2.05, 4.69) is 0 Å². The largest absolute Gasteiger partial charge is 0.515 e. The molecule has 1 N–H and O–H groups in total. The maximum atomic E-state index is 10.8. The molecule has 0 saturated heterocycles. The van der Waals surface area contributed by atoms with Gasteiger partial charge in [0.2, 0.25) is 0 Å². The van der Waals surface area contributed by atoms with Gasteiger partial charge in [0.15, 0.2) is 0 Å². The Morgan fingerprint density at radius 3 is 1.86 bits per heavy atom. The minimum absolute atomic E-state index is 0.167. The van der Waals surface area contributed by atoms with Crippen LogP contribution >= 0.6 is 0 Å². The predicted molar refractivity (Wildman–Crippen MR) is 16.5 cm³/mol. The fourth-order valence-electron chi connectivity index (χ4n) is 0.0732. The van der Waals surface area contributed by atoms with Gasteiger partial charge in [-0.25, -0.2) is 0 Å². The quantitative estimate of drug-likeness (QED) is 0.468. The van der Waals surface area contributed by atoms with Gasteiger partial charge in [-0.1, -0.05) is 0 Å². The zero-order valence-electron chi connectivity index (χ0n) is 3.16. The number of hydrogen-bond acceptors (Lipinski definition) is 1. The highest BCUT2D eigenvalue weighted by atomic mass is 19.4. The lowest BCUT2D eigenvalue weighted by Gasteiger charge is -1.91. The van der Waals surface area contributed by atoms with Crippen LogP contribution in [0.15, 0.2) is 6.26 Å². The summed E-state index contributed by atoms with van der Waals surface area (Å²) in [5.41, 5.74) is 0. The smallest absolute Gasteiger partial charge is 0.420 e. The summed E-state index contributed by atoms with van der Waals surface area (Å²) in [5, 5.41) is 7.45. The number of alkyl halides is 3. The average molecular weight is 111 g/mol. The van der Waals surface area contributed by atoms with Gasteiger partial charge in [0.05, 0.1) is 6.26 Å². The monoisotopic (exact) mass is 111 g/mol. The molecule has 41 valence electrons. The van der Waals surface area contributed by atoms with Crippen LogP contribution in [0.1, 0.15) is 0 Å². The molecule has 0 saturated carbocycles. The molecule has 0 aliphatic carbocycles. The minimum atomic E-state index is -4.51. The fourth-order valence-corrected chi connectivity index (χ4v) is 0.0732. The maximum Gasteiger partial charge on any atom is 0.420 e. The molecule has 0 atom stereocenters. The topological polar surface area (TPSA) is 20.2 Å². The number of halogens is 3. The summed E-state index contributed by atoms with van der Waals surface area (Å²) in [5.74, 6) is 0. The third-order valence-electron chi connectivity index (χ3n) is 0.228. The lowest BCUT2D eigenvalue weighted by Crippen LogP contribution is -2.00. The predicted octanol–water partition coefficient (Wildman–Crippen LogP) is 1.42. The van der Waals surface area contributed by atoms with Crippen molar-refractivity contribution in [3.8, 4) is 0 Å². The maximum absolute atomic E-state index is 10.8. The number of rotatable bonds is 0. The summed E-state index contributed by atoms with van der Waals surface area (Å²) in [6, 6.07) is 0. The summed E-state index contributed by atoms with van der Waals surface area (Å²) >= 11 is 0. The highest BCUT2D eigenvalue weighted by molar-refractivity contribution is 4.69. The standard InChI is InChI=1S/C3H2F3O/c4-3(5,6)1-2-7/h2,7H. The normalized spacial score (nSPS) is 13.0. The molecule has 0 heterocycles. The molecule has 0 bridgehead atoms. The van der Waals surface area contributed by atoms with Crippen LogP contribution in [-0.4, -0.2) is 11.3 Å². The van der Waals surface area contributed by atoms with E-state index in [1.807, 2.05) is 0 Å². The summed E-state index contributed by atoms with van der Waals surface area (Å²) in [6.07, 6.45) is -3.96. The van der Waals surface area contributed by atoms with Gasteiger partial charge in [-0.15, -0.1) is 0 Å². The van der Waals surface area contributed by atoms with Crippen LogP contribution < -0.4 is 0 Å². The van der Waals surface area contributed by atoms with E-state index in [1.54, 1.807) is 0 Å². The van der Waals surface area contributed by atoms with Crippen molar-refractivity contribution in [3.05, 3.63) is 12.3 Å². The van der Waals surface area contributed by atoms with Crippen LogP contribution in [0.4, 0.5) is 13.2 Å². The van der Waals surface area contributed by atoms with Crippen molar-refractivity contribution in [2.45, 2.75) is 6.18 Å². The van der Waals surface area contributed by atoms with Gasteiger partial charge in [0.1, 0.15) is 6.08 Å². The molecule has 1 nitrogen and oxygen atoms in total. The molecule has 0 spiro atoms. The molecule has 1 radical (unpaired) electrons. The SMILES string of the molecule is O/C=[C]/C(F)(F)F. The summed E-state index contributed by atoms with van der Waals surface area (Å²) in [7, 11) is 0. The van der Waals surface area contributed by atoms with Gasteiger partial charge in [-0.05, 0) is 0 Å². The van der Waals surface area contributed by atoms with Crippen LogP contribution in [-0.2, 0) is 0 Å². The van der Waals surface area contributed by atoms with Gasteiger partial charge < -0.3 is 5.11 Å². The fraction of sp³-hybridized carbons (Fsp3) is 0.333. The highest BCUT2D eigenvalue weighted by Crippen LogP contribution is 2.13. The molecular weight excluding hydrogens is 109 g/mol. The van der Waals surface area contributed by atoms with E-state index < -0.39 is 6.18 Å². The molecule has 0 aromatic carbocycles. The first kappa shape index (κ1) is 6.33. The zero-order valence-corrected chi connectivity index (χ0v) is 3.16. The molecule has 0 unspecified atom stereocenters. The zero-order chi connectivity index (χ0) is 5.91. The van der Waals surface area contributed by atoms with E-state index in [4.69, 9.17) is 5.11 Å². The second-order valence-corrected chi connectivity index (χ2v) is 0.771. The number of allylic oxidation sites excluding steroid dienone is 1. The Hall–Kier alpha value is -0.670. The van der Waals surface area contributed by atoms with Gasteiger partial charge >= 0.3 is 6.18 Å². The molecule has 0 aromatic rings. The number of aliphatic hydroxyl groups is 1. The Morgan fingerprint density at radius 2 is 1.86 bits per heavy atom. The Balaban J connectivity index is 3.56. The molecule has 0 aliphatic heterocycles. The van der Waals surface area contributed by atoms with E-state index >= 15 is 0 Å². The summed E-state index contributed by atoms with van der Waals surface area (Å²) in [6.45, 7) is 0. The van der Waals surface area contributed by atoms with Gasteiger partial charge in [0.25, 0.3) is 0 Å². The molecule has 0 fully saturated rings. The Labute approximate surface area is 38.1 Å². The Kier molecular flexibility index (Phi) is 1.68. The van der Waals surface area contributed by atoms with Crippen LogP contribution in [0.25, 0.3) is 0 Å². The lowest BCUT2D eigenvalue weighted by molar-refractivity contribution is -0.0889. The third kappa shape index (κ3) is 5.33. The first-order valence-corrected chi connectivity index (χ1v) is 1.36. The molecule has 0 rings (SSSR count). The van der Waals surface area contributed by atoms with Gasteiger partial charge in [-0.3, -0.25) is 0 Å². The second-order valence-electron chi connectivity index (χ2n) is 0.771. The first-order valence-electron chi connectivity index (χ1n) is 1.36. The van der Waals surface area contributed by atoms with Gasteiger partial charge in [0, 0.05) is 0 Å².